The lowest BCUT2D eigenvalue weighted by Crippen LogP contribution is -2.41. The Hall–Kier alpha value is -1.97. The molecule has 1 aromatic carbocycles. The van der Waals surface area contributed by atoms with Crippen molar-refractivity contribution >= 4 is 21.9 Å². The van der Waals surface area contributed by atoms with Crippen LogP contribution in [0.1, 0.15) is 26.3 Å². The predicted molar refractivity (Wildman–Crippen MR) is 106 cm³/mol. The van der Waals surface area contributed by atoms with Gasteiger partial charge in [0.25, 0.3) is 5.92 Å². The summed E-state index contributed by atoms with van der Waals surface area (Å²) in [7, 11) is -0.573. The third-order valence-corrected chi connectivity index (χ3v) is 6.18. The number of benzene rings is 1. The van der Waals surface area contributed by atoms with E-state index < -0.39 is 33.5 Å². The van der Waals surface area contributed by atoms with E-state index in [9.17, 15) is 28.2 Å². The quantitative estimate of drug-likeness (QED) is 0.650. The molecule has 6 nitrogen and oxygen atoms in total. The van der Waals surface area contributed by atoms with Crippen LogP contribution in [0.3, 0.4) is 0 Å². The molecular weight excluding hydrogens is 411 g/mol. The molecule has 29 heavy (non-hydrogen) atoms. The summed E-state index contributed by atoms with van der Waals surface area (Å²) in [6, 6.07) is 4.56. The number of aliphatic hydroxyl groups is 1. The first-order valence-electron chi connectivity index (χ1n) is 8.59. The number of alkyl halides is 3. The summed E-state index contributed by atoms with van der Waals surface area (Å²) in [6.45, 7) is 5.11. The molecule has 164 valence electrons. The van der Waals surface area contributed by atoms with Gasteiger partial charge in [0.2, 0.25) is 0 Å². The molecule has 0 amide bonds. The number of carboxylic acids is 1. The molecule has 3 N–H and O–H groups in total. The molecule has 0 bridgehead atoms. The number of aliphatic hydroxyl groups excluding tert-OH is 1. The van der Waals surface area contributed by atoms with Crippen molar-refractivity contribution in [3.8, 4) is 11.1 Å². The first-order chi connectivity index (χ1) is 13.5. The molecule has 1 heterocycles. The van der Waals surface area contributed by atoms with E-state index in [4.69, 9.17) is 8.92 Å². The first kappa shape index (κ1) is 25.1. The van der Waals surface area contributed by atoms with Gasteiger partial charge < -0.3 is 19.1 Å². The summed E-state index contributed by atoms with van der Waals surface area (Å²) in [5.41, 5.74) is -0.238. The zero-order valence-electron chi connectivity index (χ0n) is 16.8. The van der Waals surface area contributed by atoms with Crippen LogP contribution in [0.4, 0.5) is 13.2 Å². The van der Waals surface area contributed by atoms with Crippen molar-refractivity contribution < 1.29 is 37.1 Å². The molecule has 0 aliphatic carbocycles. The van der Waals surface area contributed by atoms with Crippen LogP contribution in [0.15, 0.2) is 28.7 Å². The van der Waals surface area contributed by atoms with Crippen LogP contribution in [-0.2, 0) is 8.98 Å². The van der Waals surface area contributed by atoms with Gasteiger partial charge >= 0.3 is 5.97 Å². The van der Waals surface area contributed by atoms with Gasteiger partial charge in [-0.05, 0) is 30.2 Å². The first-order valence-corrected chi connectivity index (χ1v) is 10.2. The topological polar surface area (TPSA) is 88.0 Å². The number of ether oxygens (including phenoxy) is 1. The van der Waals surface area contributed by atoms with Gasteiger partial charge in [-0.3, -0.25) is 4.39 Å². The van der Waals surface area contributed by atoms with E-state index in [-0.39, 0.29) is 11.7 Å². The maximum absolute atomic E-state index is 13.8. The van der Waals surface area contributed by atoms with Crippen LogP contribution in [0, 0.1) is 11.3 Å². The van der Waals surface area contributed by atoms with E-state index in [1.807, 2.05) is 13.8 Å². The van der Waals surface area contributed by atoms with Crippen molar-refractivity contribution in [2.75, 3.05) is 20.8 Å². The van der Waals surface area contributed by atoms with Crippen LogP contribution in [0.25, 0.3) is 6.08 Å². The lowest BCUT2D eigenvalue weighted by molar-refractivity contribution is -0.137. The lowest BCUT2D eigenvalue weighted by atomic mass is 9.98. The minimum absolute atomic E-state index is 0.126. The molecule has 1 aromatic rings. The number of halogens is 3. The fraction of sp³-hybridized carbons (Fsp3) is 0.474. The van der Waals surface area contributed by atoms with Crippen LogP contribution in [0.2, 0.25) is 0 Å². The Morgan fingerprint density at radius 1 is 1.41 bits per heavy atom. The van der Waals surface area contributed by atoms with E-state index >= 15 is 0 Å². The Balaban J connectivity index is 0.00000204. The van der Waals surface area contributed by atoms with Crippen LogP contribution < -0.4 is 9.46 Å². The van der Waals surface area contributed by atoms with E-state index in [1.165, 1.54) is 19.2 Å². The molecule has 0 fully saturated rings. The molecular formula is C19H26F3NO5S. The molecule has 1 aliphatic rings. The Labute approximate surface area is 169 Å². The van der Waals surface area contributed by atoms with Gasteiger partial charge in [0, 0.05) is 33.8 Å². The smallest absolute Gasteiger partial charge is 0.335 e. The third-order valence-electron chi connectivity index (χ3n) is 3.93. The van der Waals surface area contributed by atoms with Crippen molar-refractivity contribution in [2.45, 2.75) is 37.7 Å². The van der Waals surface area contributed by atoms with Crippen molar-refractivity contribution in [3.05, 3.63) is 29.3 Å². The summed E-state index contributed by atoms with van der Waals surface area (Å²) >= 11 is 0. The third kappa shape index (κ3) is 5.77. The molecule has 1 aliphatic heterocycles. The maximum atomic E-state index is 13.8. The molecule has 0 saturated heterocycles. The fourth-order valence-electron chi connectivity index (χ4n) is 2.55. The summed E-state index contributed by atoms with van der Waals surface area (Å²) < 4.78 is 50.9. The second-order valence-electron chi connectivity index (χ2n) is 6.62. The summed E-state index contributed by atoms with van der Waals surface area (Å²) in [5.74, 6) is -4.46. The molecule has 0 saturated carbocycles. The SMILES string of the molecule is CF.COS(#CO)(NCC(C)C)c1ccc2c(c1)C=C(C(=O)O)C(C(C)(F)F)O2. The minimum atomic E-state index is -3.37. The highest BCUT2D eigenvalue weighted by Crippen LogP contribution is 2.44. The zero-order chi connectivity index (χ0) is 22.4. The number of carbonyl (C=O) groups is 1. The lowest BCUT2D eigenvalue weighted by Gasteiger charge is -2.30. The van der Waals surface area contributed by atoms with E-state index in [1.54, 1.807) is 6.07 Å². The van der Waals surface area contributed by atoms with Crippen molar-refractivity contribution in [1.29, 1.82) is 0 Å². The van der Waals surface area contributed by atoms with Gasteiger partial charge in [0.1, 0.15) is 5.75 Å². The Bertz CT molecular complexity index is 881. The number of hydrogen-bond acceptors (Lipinski definition) is 5. The van der Waals surface area contributed by atoms with Gasteiger partial charge in [-0.1, -0.05) is 13.8 Å². The Kier molecular flexibility index (Phi) is 8.80. The number of nitrogens with one attached hydrogen (secondary N) is 1. The molecule has 0 radical (unpaired) electrons. The monoisotopic (exact) mass is 437 g/mol. The van der Waals surface area contributed by atoms with Crippen molar-refractivity contribution in [2.24, 2.45) is 5.92 Å². The number of carboxylic acid groups (broad SMARTS) is 1. The average molecular weight is 437 g/mol. The van der Waals surface area contributed by atoms with E-state index in [2.05, 4.69) is 10.1 Å². The Morgan fingerprint density at radius 3 is 2.48 bits per heavy atom. The molecule has 2 rings (SSSR count). The number of aliphatic carboxylic acids is 1. The maximum Gasteiger partial charge on any atom is 0.335 e. The average Bonchev–Trinajstić information content (AvgIpc) is 2.68. The van der Waals surface area contributed by atoms with Crippen LogP contribution in [0.5, 0.6) is 5.75 Å². The van der Waals surface area contributed by atoms with Gasteiger partial charge in [-0.2, -0.15) is 0 Å². The molecule has 2 atom stereocenters. The summed E-state index contributed by atoms with van der Waals surface area (Å²) in [4.78, 5) is 11.9. The largest absolute Gasteiger partial charge is 0.478 e. The number of rotatable bonds is 4. The van der Waals surface area contributed by atoms with Crippen molar-refractivity contribution in [3.63, 3.8) is 0 Å². The number of hydrogen-bond donors (Lipinski definition) is 3. The van der Waals surface area contributed by atoms with Gasteiger partial charge in [0.15, 0.2) is 6.10 Å². The van der Waals surface area contributed by atoms with Gasteiger partial charge in [0.05, 0.1) is 25.2 Å². The predicted octanol–water partition coefficient (Wildman–Crippen LogP) is 4.33. The normalized spacial score (nSPS) is 17.7. The highest BCUT2D eigenvalue weighted by molar-refractivity contribution is 8.18. The highest BCUT2D eigenvalue weighted by Gasteiger charge is 2.44. The standard InChI is InChI=1S/C18H23F2NO5S.CH3F/c1-11(2)9-21-27(10-22,25-4)13-5-6-15-12(7-13)8-14(17(23)24)16(26-15)18(3,19)20;1-2/h5-8,11,16,21-22H,9H2,1-4H3,(H,23,24);1H3. The zero-order valence-corrected chi connectivity index (χ0v) is 17.6. The van der Waals surface area contributed by atoms with Gasteiger partial charge in [-0.15, -0.1) is 0 Å². The van der Waals surface area contributed by atoms with Gasteiger partial charge in [-0.25, -0.2) is 18.3 Å². The second-order valence-corrected chi connectivity index (χ2v) is 9.00. The highest BCUT2D eigenvalue weighted by atomic mass is 32.2. The van der Waals surface area contributed by atoms with E-state index in [0.717, 1.165) is 6.08 Å². The summed E-state index contributed by atoms with van der Waals surface area (Å²) in [6.07, 6.45) is -0.727. The molecule has 2 unspecified atom stereocenters. The second kappa shape index (κ2) is 10.2. The molecule has 0 spiro atoms. The minimum Gasteiger partial charge on any atom is -0.478 e. The Morgan fingerprint density at radius 2 is 2.03 bits per heavy atom. The van der Waals surface area contributed by atoms with Crippen LogP contribution >= 0.6 is 9.90 Å². The summed E-state index contributed by atoms with van der Waals surface area (Å²) in [5, 5.41) is 21.2. The van der Waals surface area contributed by atoms with E-state index in [0.29, 0.717) is 31.1 Å². The fourth-order valence-corrected chi connectivity index (χ4v) is 4.40. The van der Waals surface area contributed by atoms with Crippen molar-refractivity contribution in [1.82, 2.24) is 4.72 Å². The number of fused-ring (bicyclic) bond motifs is 1. The molecule has 0 aromatic heterocycles. The van der Waals surface area contributed by atoms with Crippen LogP contribution in [-0.4, -0.2) is 49.0 Å². The molecule has 10 heteroatoms.